The van der Waals surface area contributed by atoms with E-state index in [-0.39, 0.29) is 0 Å². The number of allylic oxidation sites excluding steroid dienone is 5. The van der Waals surface area contributed by atoms with Crippen molar-refractivity contribution in [2.24, 2.45) is 0 Å². The van der Waals surface area contributed by atoms with E-state index in [0.717, 1.165) is 12.8 Å². The molecule has 0 spiro atoms. The minimum absolute atomic E-state index is 1.12. The van der Waals surface area contributed by atoms with Crippen molar-refractivity contribution in [3.63, 3.8) is 0 Å². The first-order chi connectivity index (χ1) is 6.41. The predicted octanol–water partition coefficient (Wildman–Crippen LogP) is 4.98. The van der Waals surface area contributed by atoms with Gasteiger partial charge in [-0.25, -0.2) is 0 Å². The molecule has 0 radical (unpaired) electrons. The van der Waals surface area contributed by atoms with E-state index in [0.29, 0.717) is 0 Å². The van der Waals surface area contributed by atoms with E-state index in [1.807, 2.05) is 4.99 Å². The molecule has 0 nitrogen and oxygen atoms in total. The van der Waals surface area contributed by atoms with Crippen LogP contribution < -0.4 is 0 Å². The molecule has 0 fully saturated rings. The van der Waals surface area contributed by atoms with Crippen LogP contribution in [-0.2, 0) is 0 Å². The average Bonchev–Trinajstić information content (AvgIpc) is 2.16. The first kappa shape index (κ1) is 12.7. The molecule has 0 atom stereocenters. The molecule has 0 aromatic carbocycles. The lowest BCUT2D eigenvalue weighted by molar-refractivity contribution is 0.815. The first-order valence-electron chi connectivity index (χ1n) is 4.98. The Hall–Kier alpha value is -0.300. The standard InChI is InChI=1S/C12H19Br/c1-2-3-4-5-6-7-8-9-10-11-12-13/h5-8,11-12H,2-4,9-10H2,1H3/b6-5+,8-7+,12-11?. The zero-order chi connectivity index (χ0) is 9.78. The van der Waals surface area contributed by atoms with Gasteiger partial charge in [0.05, 0.1) is 0 Å². The number of hydrogen-bond donors (Lipinski definition) is 0. The Balaban J connectivity index is 3.24. The minimum atomic E-state index is 1.12. The predicted molar refractivity (Wildman–Crippen MR) is 65.1 cm³/mol. The van der Waals surface area contributed by atoms with Crippen molar-refractivity contribution in [1.82, 2.24) is 0 Å². The molecule has 74 valence electrons. The summed E-state index contributed by atoms with van der Waals surface area (Å²) in [6, 6.07) is 0. The fourth-order valence-corrected chi connectivity index (χ4v) is 1.19. The van der Waals surface area contributed by atoms with Crippen LogP contribution in [0, 0.1) is 0 Å². The summed E-state index contributed by atoms with van der Waals surface area (Å²) in [5.41, 5.74) is 0. The molecule has 0 rings (SSSR count). The zero-order valence-electron chi connectivity index (χ0n) is 8.38. The van der Waals surface area contributed by atoms with Gasteiger partial charge in [0.1, 0.15) is 0 Å². The summed E-state index contributed by atoms with van der Waals surface area (Å²) in [6.07, 6.45) is 16.9. The van der Waals surface area contributed by atoms with Crippen molar-refractivity contribution in [2.75, 3.05) is 0 Å². The smallest absolute Gasteiger partial charge is 0.0229 e. The summed E-state index contributed by atoms with van der Waals surface area (Å²) >= 11 is 3.24. The molecule has 1 heteroatoms. The lowest BCUT2D eigenvalue weighted by atomic mass is 10.2. The third kappa shape index (κ3) is 11.7. The second-order valence-corrected chi connectivity index (χ2v) is 3.47. The van der Waals surface area contributed by atoms with Crippen LogP contribution in [0.2, 0.25) is 0 Å². The fraction of sp³-hybridized carbons (Fsp3) is 0.500. The number of halogens is 1. The highest BCUT2D eigenvalue weighted by Crippen LogP contribution is 1.97. The van der Waals surface area contributed by atoms with Crippen LogP contribution >= 0.6 is 15.9 Å². The van der Waals surface area contributed by atoms with Crippen LogP contribution in [0.4, 0.5) is 0 Å². The Morgan fingerprint density at radius 3 is 2.15 bits per heavy atom. The Morgan fingerprint density at radius 1 is 0.923 bits per heavy atom. The molecular weight excluding hydrogens is 224 g/mol. The average molecular weight is 243 g/mol. The fourth-order valence-electron chi connectivity index (χ4n) is 0.927. The third-order valence-corrected chi connectivity index (χ3v) is 2.07. The van der Waals surface area contributed by atoms with E-state index >= 15 is 0 Å². The summed E-state index contributed by atoms with van der Waals surface area (Å²) < 4.78 is 0. The van der Waals surface area contributed by atoms with Crippen molar-refractivity contribution in [1.29, 1.82) is 0 Å². The zero-order valence-corrected chi connectivity index (χ0v) is 9.96. The monoisotopic (exact) mass is 242 g/mol. The number of rotatable bonds is 7. The summed E-state index contributed by atoms with van der Waals surface area (Å²) in [5, 5.41) is 0. The minimum Gasteiger partial charge on any atom is -0.0845 e. The number of hydrogen-bond acceptors (Lipinski definition) is 0. The SMILES string of the molecule is CCCC/C=C/C=C/CCC=CBr. The summed E-state index contributed by atoms with van der Waals surface area (Å²) in [6.45, 7) is 2.22. The first-order valence-corrected chi connectivity index (χ1v) is 5.90. The highest BCUT2D eigenvalue weighted by molar-refractivity contribution is 9.11. The van der Waals surface area contributed by atoms with Crippen LogP contribution in [0.3, 0.4) is 0 Å². The van der Waals surface area contributed by atoms with Gasteiger partial charge in [-0.1, -0.05) is 66.1 Å². The second kappa shape index (κ2) is 11.7. The summed E-state index contributed by atoms with van der Waals surface area (Å²) in [7, 11) is 0. The van der Waals surface area contributed by atoms with Gasteiger partial charge in [0.2, 0.25) is 0 Å². The summed E-state index contributed by atoms with van der Waals surface area (Å²) in [4.78, 5) is 1.91. The number of unbranched alkanes of at least 4 members (excludes halogenated alkanes) is 3. The van der Waals surface area contributed by atoms with Crippen LogP contribution in [0.15, 0.2) is 35.4 Å². The van der Waals surface area contributed by atoms with Crippen LogP contribution in [0.25, 0.3) is 0 Å². The highest BCUT2D eigenvalue weighted by atomic mass is 79.9. The topological polar surface area (TPSA) is 0 Å². The summed E-state index contributed by atoms with van der Waals surface area (Å²) in [5.74, 6) is 0. The second-order valence-electron chi connectivity index (χ2n) is 2.94. The quantitative estimate of drug-likeness (QED) is 0.437. The van der Waals surface area contributed by atoms with E-state index in [1.165, 1.54) is 19.3 Å². The normalized spacial score (nSPS) is 12.5. The van der Waals surface area contributed by atoms with Crippen molar-refractivity contribution >= 4 is 15.9 Å². The lowest BCUT2D eigenvalue weighted by Crippen LogP contribution is -1.65. The van der Waals surface area contributed by atoms with Crippen LogP contribution in [0.1, 0.15) is 39.0 Å². The van der Waals surface area contributed by atoms with Crippen molar-refractivity contribution < 1.29 is 0 Å². The molecule has 0 saturated carbocycles. The van der Waals surface area contributed by atoms with Gasteiger partial charge in [-0.05, 0) is 24.2 Å². The maximum Gasteiger partial charge on any atom is -0.0229 e. The molecule has 13 heavy (non-hydrogen) atoms. The lowest BCUT2D eigenvalue weighted by Gasteiger charge is -1.86. The Kier molecular flexibility index (Phi) is 11.4. The van der Waals surface area contributed by atoms with Gasteiger partial charge in [-0.2, -0.15) is 0 Å². The molecule has 0 aromatic heterocycles. The van der Waals surface area contributed by atoms with Crippen molar-refractivity contribution in [3.05, 3.63) is 35.4 Å². The molecule has 0 amide bonds. The van der Waals surface area contributed by atoms with Gasteiger partial charge in [0, 0.05) is 0 Å². The van der Waals surface area contributed by atoms with Gasteiger partial charge >= 0.3 is 0 Å². The van der Waals surface area contributed by atoms with Crippen molar-refractivity contribution in [2.45, 2.75) is 39.0 Å². The Labute approximate surface area is 90.6 Å². The van der Waals surface area contributed by atoms with Gasteiger partial charge in [-0.3, -0.25) is 0 Å². The van der Waals surface area contributed by atoms with Gasteiger partial charge in [0.25, 0.3) is 0 Å². The molecule has 0 N–H and O–H groups in total. The molecule has 0 aliphatic carbocycles. The van der Waals surface area contributed by atoms with E-state index < -0.39 is 0 Å². The van der Waals surface area contributed by atoms with Crippen LogP contribution in [0.5, 0.6) is 0 Å². The van der Waals surface area contributed by atoms with E-state index in [4.69, 9.17) is 0 Å². The molecule has 0 bridgehead atoms. The van der Waals surface area contributed by atoms with Gasteiger partial charge < -0.3 is 0 Å². The molecular formula is C12H19Br. The van der Waals surface area contributed by atoms with Crippen molar-refractivity contribution in [3.8, 4) is 0 Å². The maximum atomic E-state index is 3.24. The van der Waals surface area contributed by atoms with Gasteiger partial charge in [-0.15, -0.1) is 0 Å². The highest BCUT2D eigenvalue weighted by Gasteiger charge is 1.76. The molecule has 0 saturated heterocycles. The molecule has 0 heterocycles. The molecule has 0 aliphatic heterocycles. The van der Waals surface area contributed by atoms with E-state index in [9.17, 15) is 0 Å². The van der Waals surface area contributed by atoms with Crippen LogP contribution in [-0.4, -0.2) is 0 Å². The maximum absolute atomic E-state index is 3.24. The van der Waals surface area contributed by atoms with Gasteiger partial charge in [0.15, 0.2) is 0 Å². The molecule has 0 aromatic rings. The van der Waals surface area contributed by atoms with E-state index in [2.05, 4.69) is 53.2 Å². The Bertz CT molecular complexity index is 166. The molecule has 0 aliphatic rings. The Morgan fingerprint density at radius 2 is 1.54 bits per heavy atom. The molecule has 0 unspecified atom stereocenters. The van der Waals surface area contributed by atoms with E-state index in [1.54, 1.807) is 0 Å². The third-order valence-electron chi connectivity index (χ3n) is 1.70. The largest absolute Gasteiger partial charge is 0.0845 e.